The van der Waals surface area contributed by atoms with Crippen LogP contribution in [0.25, 0.3) is 0 Å². The van der Waals surface area contributed by atoms with Crippen LogP contribution in [0.3, 0.4) is 0 Å². The van der Waals surface area contributed by atoms with Crippen molar-refractivity contribution in [2.75, 3.05) is 18.5 Å². The van der Waals surface area contributed by atoms with Gasteiger partial charge in [-0.05, 0) is 30.7 Å². The summed E-state index contributed by atoms with van der Waals surface area (Å²) in [5, 5.41) is 14.2. The number of anilines is 1. The van der Waals surface area contributed by atoms with E-state index in [9.17, 15) is 10.1 Å². The molecule has 1 aromatic carbocycles. The zero-order chi connectivity index (χ0) is 13.8. The Morgan fingerprint density at radius 3 is 2.84 bits per heavy atom. The van der Waals surface area contributed by atoms with Crippen molar-refractivity contribution >= 4 is 11.4 Å². The summed E-state index contributed by atoms with van der Waals surface area (Å²) in [6.45, 7) is 5.62. The second-order valence-electron chi connectivity index (χ2n) is 5.14. The van der Waals surface area contributed by atoms with Gasteiger partial charge in [0, 0.05) is 24.4 Å². The van der Waals surface area contributed by atoms with Crippen LogP contribution < -0.4 is 10.1 Å². The van der Waals surface area contributed by atoms with Gasteiger partial charge in [0.25, 0.3) is 0 Å². The zero-order valence-electron chi connectivity index (χ0n) is 11.4. The van der Waals surface area contributed by atoms with Crippen LogP contribution in [0.4, 0.5) is 11.4 Å². The Kier molecular flexibility index (Phi) is 4.24. The first-order chi connectivity index (χ1) is 9.11. The van der Waals surface area contributed by atoms with Gasteiger partial charge in [-0.3, -0.25) is 10.1 Å². The Morgan fingerprint density at radius 1 is 1.53 bits per heavy atom. The number of hydrogen-bond donors (Lipinski definition) is 1. The molecule has 0 aliphatic heterocycles. The van der Waals surface area contributed by atoms with E-state index in [2.05, 4.69) is 12.2 Å². The van der Waals surface area contributed by atoms with Gasteiger partial charge in [-0.1, -0.05) is 13.8 Å². The van der Waals surface area contributed by atoms with Crippen molar-refractivity contribution in [1.29, 1.82) is 0 Å². The summed E-state index contributed by atoms with van der Waals surface area (Å²) in [7, 11) is 0. The normalized spacial score (nSPS) is 20.9. The van der Waals surface area contributed by atoms with Crippen molar-refractivity contribution < 1.29 is 9.66 Å². The third-order valence-corrected chi connectivity index (χ3v) is 3.46. The minimum atomic E-state index is -0.405. The first-order valence-electron chi connectivity index (χ1n) is 6.77. The molecule has 0 spiro atoms. The quantitative estimate of drug-likeness (QED) is 0.605. The number of nitrogens with one attached hydrogen (secondary N) is 1. The molecule has 19 heavy (non-hydrogen) atoms. The van der Waals surface area contributed by atoms with Gasteiger partial charge in [-0.25, -0.2) is 0 Å². The van der Waals surface area contributed by atoms with Crippen LogP contribution in [-0.4, -0.2) is 18.1 Å². The standard InChI is InChI=1S/C14H20N2O3/c1-3-6-19-14-8-12(4-5-13(14)16(17)18)15-9-11-7-10(11)2/h4-5,8,10-11,15H,3,6-7,9H2,1-2H3. The SMILES string of the molecule is CCCOc1cc(NCC2CC2C)ccc1[N+](=O)[O-]. The first-order valence-corrected chi connectivity index (χ1v) is 6.77. The molecule has 0 saturated heterocycles. The maximum Gasteiger partial charge on any atom is 0.311 e. The van der Waals surface area contributed by atoms with Gasteiger partial charge in [0.05, 0.1) is 11.5 Å². The highest BCUT2D eigenvalue weighted by Gasteiger charge is 2.31. The van der Waals surface area contributed by atoms with Gasteiger partial charge in [-0.15, -0.1) is 0 Å². The molecular formula is C14H20N2O3. The van der Waals surface area contributed by atoms with E-state index in [1.165, 1.54) is 12.5 Å². The average molecular weight is 264 g/mol. The number of hydrogen-bond acceptors (Lipinski definition) is 4. The summed E-state index contributed by atoms with van der Waals surface area (Å²) < 4.78 is 5.45. The first kappa shape index (κ1) is 13.6. The van der Waals surface area contributed by atoms with Gasteiger partial charge in [-0.2, -0.15) is 0 Å². The Labute approximate surface area is 113 Å². The second kappa shape index (κ2) is 5.91. The molecule has 1 N–H and O–H groups in total. The van der Waals surface area contributed by atoms with E-state index >= 15 is 0 Å². The molecule has 2 unspecified atom stereocenters. The molecule has 0 bridgehead atoms. The van der Waals surface area contributed by atoms with Gasteiger partial charge in [0.1, 0.15) is 0 Å². The summed E-state index contributed by atoms with van der Waals surface area (Å²) in [5.74, 6) is 1.87. The number of nitrogens with zero attached hydrogens (tertiary/aromatic N) is 1. The third kappa shape index (κ3) is 3.59. The van der Waals surface area contributed by atoms with Crippen molar-refractivity contribution in [3.63, 3.8) is 0 Å². The second-order valence-corrected chi connectivity index (χ2v) is 5.14. The van der Waals surface area contributed by atoms with Gasteiger partial charge in [0.15, 0.2) is 5.75 Å². The predicted molar refractivity (Wildman–Crippen MR) is 74.6 cm³/mol. The highest BCUT2D eigenvalue weighted by atomic mass is 16.6. The molecular weight excluding hydrogens is 244 g/mol. The molecule has 0 amide bonds. The lowest BCUT2D eigenvalue weighted by molar-refractivity contribution is -0.385. The highest BCUT2D eigenvalue weighted by molar-refractivity contribution is 5.58. The zero-order valence-corrected chi connectivity index (χ0v) is 11.4. The molecule has 104 valence electrons. The Balaban J connectivity index is 2.05. The van der Waals surface area contributed by atoms with E-state index in [1.807, 2.05) is 6.92 Å². The van der Waals surface area contributed by atoms with Gasteiger partial charge in [0.2, 0.25) is 0 Å². The van der Waals surface area contributed by atoms with Crippen molar-refractivity contribution in [1.82, 2.24) is 0 Å². The average Bonchev–Trinajstić information content (AvgIpc) is 3.09. The van der Waals surface area contributed by atoms with Gasteiger partial charge < -0.3 is 10.1 Å². The van der Waals surface area contributed by atoms with Crippen molar-refractivity contribution in [3.05, 3.63) is 28.3 Å². The third-order valence-electron chi connectivity index (χ3n) is 3.46. The molecule has 5 nitrogen and oxygen atoms in total. The summed E-state index contributed by atoms with van der Waals surface area (Å²) in [6.07, 6.45) is 2.09. The predicted octanol–water partition coefficient (Wildman–Crippen LogP) is 3.45. The Hall–Kier alpha value is -1.78. The molecule has 0 radical (unpaired) electrons. The van der Waals surface area contributed by atoms with E-state index in [1.54, 1.807) is 12.1 Å². The molecule has 1 aliphatic carbocycles. The highest BCUT2D eigenvalue weighted by Crippen LogP contribution is 2.38. The molecule has 5 heteroatoms. The minimum absolute atomic E-state index is 0.0267. The molecule has 1 saturated carbocycles. The van der Waals surface area contributed by atoms with E-state index in [0.29, 0.717) is 12.4 Å². The smallest absolute Gasteiger partial charge is 0.311 e. The lowest BCUT2D eigenvalue weighted by Gasteiger charge is -2.09. The maximum atomic E-state index is 10.9. The molecule has 2 rings (SSSR count). The van der Waals surface area contributed by atoms with Crippen LogP contribution in [0, 0.1) is 22.0 Å². The summed E-state index contributed by atoms with van der Waals surface area (Å²) >= 11 is 0. The fraction of sp³-hybridized carbons (Fsp3) is 0.571. The van der Waals surface area contributed by atoms with E-state index in [-0.39, 0.29) is 5.69 Å². The van der Waals surface area contributed by atoms with Crippen LogP contribution in [0.2, 0.25) is 0 Å². The number of nitro groups is 1. The van der Waals surface area contributed by atoms with Crippen molar-refractivity contribution in [2.24, 2.45) is 11.8 Å². The monoisotopic (exact) mass is 264 g/mol. The number of rotatable bonds is 7. The van der Waals surface area contributed by atoms with Crippen LogP contribution in [0.15, 0.2) is 18.2 Å². The van der Waals surface area contributed by atoms with E-state index < -0.39 is 4.92 Å². The summed E-state index contributed by atoms with van der Waals surface area (Å²) in [4.78, 5) is 10.5. The van der Waals surface area contributed by atoms with Crippen LogP contribution in [-0.2, 0) is 0 Å². The fourth-order valence-corrected chi connectivity index (χ4v) is 2.03. The maximum absolute atomic E-state index is 10.9. The molecule has 0 aromatic heterocycles. The Bertz CT molecular complexity index is 462. The fourth-order valence-electron chi connectivity index (χ4n) is 2.03. The van der Waals surface area contributed by atoms with Crippen molar-refractivity contribution in [2.45, 2.75) is 26.7 Å². The summed E-state index contributed by atoms with van der Waals surface area (Å²) in [6, 6.07) is 4.97. The lowest BCUT2D eigenvalue weighted by Crippen LogP contribution is -2.05. The van der Waals surface area contributed by atoms with Crippen molar-refractivity contribution in [3.8, 4) is 5.75 Å². The summed E-state index contributed by atoms with van der Waals surface area (Å²) in [5.41, 5.74) is 0.912. The lowest BCUT2D eigenvalue weighted by atomic mass is 10.2. The number of nitro benzene ring substituents is 1. The Morgan fingerprint density at radius 2 is 2.26 bits per heavy atom. The topological polar surface area (TPSA) is 64.4 Å². The molecule has 2 atom stereocenters. The van der Waals surface area contributed by atoms with E-state index in [4.69, 9.17) is 4.74 Å². The number of benzene rings is 1. The molecule has 0 heterocycles. The van der Waals surface area contributed by atoms with Crippen LogP contribution in [0.5, 0.6) is 5.75 Å². The van der Waals surface area contributed by atoms with Crippen LogP contribution >= 0.6 is 0 Å². The van der Waals surface area contributed by atoms with Gasteiger partial charge >= 0.3 is 5.69 Å². The largest absolute Gasteiger partial charge is 0.487 e. The van der Waals surface area contributed by atoms with Crippen LogP contribution in [0.1, 0.15) is 26.7 Å². The number of ether oxygens (including phenoxy) is 1. The van der Waals surface area contributed by atoms with E-state index in [0.717, 1.165) is 30.5 Å². The molecule has 1 fully saturated rings. The minimum Gasteiger partial charge on any atom is -0.487 e. The molecule has 1 aliphatic rings. The molecule has 1 aromatic rings.